The molecule has 10 heavy (non-hydrogen) atoms. The van der Waals surface area contributed by atoms with Crippen molar-refractivity contribution in [3.63, 3.8) is 0 Å². The van der Waals surface area contributed by atoms with E-state index in [1.807, 2.05) is 0 Å². The Morgan fingerprint density at radius 1 is 1.40 bits per heavy atom. The van der Waals surface area contributed by atoms with Gasteiger partial charge in [-0.15, -0.1) is 12.4 Å². The zero-order valence-electron chi connectivity index (χ0n) is 5.88. The Labute approximate surface area is 67.2 Å². The van der Waals surface area contributed by atoms with Gasteiger partial charge in [-0.05, 0) is 6.42 Å². The highest BCUT2D eigenvalue weighted by Crippen LogP contribution is 1.92. The van der Waals surface area contributed by atoms with E-state index in [9.17, 15) is 0 Å². The first-order valence-corrected chi connectivity index (χ1v) is 3.36. The van der Waals surface area contributed by atoms with Gasteiger partial charge in [0.2, 0.25) is 0 Å². The Bertz CT molecular complexity index is 74.1. The minimum Gasteiger partial charge on any atom is -0.392 e. The molecule has 1 unspecified atom stereocenters. The predicted molar refractivity (Wildman–Crippen MR) is 41.6 cm³/mol. The maximum absolute atomic E-state index is 9.07. The number of hydrogen-bond acceptors (Lipinski definition) is 3. The lowest BCUT2D eigenvalue weighted by atomic mass is 10.2. The Balaban J connectivity index is 0.000000810. The van der Waals surface area contributed by atoms with Crippen LogP contribution in [0.3, 0.4) is 0 Å². The highest BCUT2D eigenvalue weighted by Gasteiger charge is 2.05. The molecule has 1 saturated heterocycles. The number of rotatable bonds is 0. The summed E-state index contributed by atoms with van der Waals surface area (Å²) in [6.07, 6.45) is 0.540. The average Bonchev–Trinajstić information content (AvgIpc) is 1.79. The molecule has 1 atom stereocenters. The van der Waals surface area contributed by atoms with E-state index in [0.717, 1.165) is 19.6 Å². The van der Waals surface area contributed by atoms with Crippen molar-refractivity contribution in [1.82, 2.24) is 5.32 Å². The van der Waals surface area contributed by atoms with Gasteiger partial charge in [0.15, 0.2) is 0 Å². The van der Waals surface area contributed by atoms with Crippen molar-refractivity contribution in [2.75, 3.05) is 26.3 Å². The molecule has 0 radical (unpaired) electrons. The third-order valence-corrected chi connectivity index (χ3v) is 1.40. The normalized spacial score (nSPS) is 27.9. The van der Waals surface area contributed by atoms with Crippen LogP contribution in [0.5, 0.6) is 0 Å². The lowest BCUT2D eigenvalue weighted by molar-refractivity contribution is 0.0650. The van der Waals surface area contributed by atoms with Gasteiger partial charge in [-0.3, -0.25) is 0 Å². The molecule has 0 aromatic rings. The Morgan fingerprint density at radius 3 is 3.00 bits per heavy atom. The number of ether oxygens (including phenoxy) is 1. The highest BCUT2D eigenvalue weighted by molar-refractivity contribution is 5.85. The number of aliphatic hydroxyl groups is 1. The van der Waals surface area contributed by atoms with Crippen LogP contribution in [0.4, 0.5) is 0 Å². The zero-order valence-corrected chi connectivity index (χ0v) is 6.69. The molecule has 0 saturated carbocycles. The van der Waals surface area contributed by atoms with E-state index in [4.69, 9.17) is 9.84 Å². The molecule has 1 heterocycles. The Kier molecular flexibility index (Phi) is 6.02. The lowest BCUT2D eigenvalue weighted by Crippen LogP contribution is -2.33. The molecule has 1 rings (SSSR count). The molecule has 2 N–H and O–H groups in total. The van der Waals surface area contributed by atoms with E-state index in [2.05, 4.69) is 5.32 Å². The predicted octanol–water partition coefficient (Wildman–Crippen LogP) is -0.221. The van der Waals surface area contributed by atoms with Crippen LogP contribution >= 0.6 is 12.4 Å². The van der Waals surface area contributed by atoms with Crippen LogP contribution < -0.4 is 5.32 Å². The van der Waals surface area contributed by atoms with E-state index in [1.54, 1.807) is 0 Å². The standard InChI is InChI=1S/C6H13NO2.ClH/c8-6-1-3-9-4-2-7-5-6;/h6-8H,1-5H2;1H. The second-order valence-electron chi connectivity index (χ2n) is 2.26. The average molecular weight is 168 g/mol. The molecular weight excluding hydrogens is 154 g/mol. The number of β-amino-alcohol motifs (C(OH)–C–C–N with tert-alkyl or cyclic N) is 1. The van der Waals surface area contributed by atoms with E-state index in [1.165, 1.54) is 0 Å². The topological polar surface area (TPSA) is 41.5 Å². The summed E-state index contributed by atoms with van der Waals surface area (Å²) in [4.78, 5) is 0. The molecular formula is C6H14ClNO2. The summed E-state index contributed by atoms with van der Waals surface area (Å²) in [6, 6.07) is 0. The van der Waals surface area contributed by atoms with Crippen molar-refractivity contribution in [2.24, 2.45) is 0 Å². The van der Waals surface area contributed by atoms with Crippen molar-refractivity contribution in [3.8, 4) is 0 Å². The van der Waals surface area contributed by atoms with Crippen LogP contribution in [0.2, 0.25) is 0 Å². The van der Waals surface area contributed by atoms with Crippen LogP contribution in [0.15, 0.2) is 0 Å². The van der Waals surface area contributed by atoms with Crippen LogP contribution in [0, 0.1) is 0 Å². The quantitative estimate of drug-likeness (QED) is 0.524. The minimum absolute atomic E-state index is 0. The third kappa shape index (κ3) is 4.06. The fourth-order valence-electron chi connectivity index (χ4n) is 0.837. The van der Waals surface area contributed by atoms with Gasteiger partial charge in [0.25, 0.3) is 0 Å². The lowest BCUT2D eigenvalue weighted by Gasteiger charge is -2.15. The van der Waals surface area contributed by atoms with Gasteiger partial charge in [0.05, 0.1) is 12.7 Å². The van der Waals surface area contributed by atoms with Gasteiger partial charge in [-0.1, -0.05) is 0 Å². The molecule has 1 aliphatic heterocycles. The van der Waals surface area contributed by atoms with Gasteiger partial charge in [-0.25, -0.2) is 0 Å². The molecule has 0 amide bonds. The summed E-state index contributed by atoms with van der Waals surface area (Å²) in [5.41, 5.74) is 0. The molecule has 0 bridgehead atoms. The Morgan fingerprint density at radius 2 is 2.20 bits per heavy atom. The van der Waals surface area contributed by atoms with Crippen molar-refractivity contribution in [1.29, 1.82) is 0 Å². The fraction of sp³-hybridized carbons (Fsp3) is 1.00. The van der Waals surface area contributed by atoms with Gasteiger partial charge in [0, 0.05) is 19.7 Å². The van der Waals surface area contributed by atoms with E-state index >= 15 is 0 Å². The summed E-state index contributed by atoms with van der Waals surface area (Å²) in [7, 11) is 0. The van der Waals surface area contributed by atoms with Crippen LogP contribution in [0.1, 0.15) is 6.42 Å². The monoisotopic (exact) mass is 167 g/mol. The molecule has 62 valence electrons. The molecule has 0 aromatic carbocycles. The number of aliphatic hydroxyl groups excluding tert-OH is 1. The molecule has 4 heteroatoms. The number of nitrogens with one attached hydrogen (secondary N) is 1. The first-order chi connectivity index (χ1) is 4.39. The molecule has 0 aliphatic carbocycles. The van der Waals surface area contributed by atoms with Gasteiger partial charge < -0.3 is 15.2 Å². The summed E-state index contributed by atoms with van der Waals surface area (Å²) in [6.45, 7) is 3.04. The molecule has 1 aliphatic rings. The second kappa shape index (κ2) is 5.92. The highest BCUT2D eigenvalue weighted by atomic mass is 35.5. The summed E-state index contributed by atoms with van der Waals surface area (Å²) in [5, 5.41) is 12.1. The van der Waals surface area contributed by atoms with E-state index in [-0.39, 0.29) is 18.5 Å². The minimum atomic E-state index is -0.217. The maximum Gasteiger partial charge on any atom is 0.0686 e. The SMILES string of the molecule is Cl.OC1CCOCCNC1. The fourth-order valence-corrected chi connectivity index (χ4v) is 0.837. The molecule has 1 fully saturated rings. The van der Waals surface area contributed by atoms with E-state index in [0.29, 0.717) is 13.2 Å². The largest absolute Gasteiger partial charge is 0.392 e. The first-order valence-electron chi connectivity index (χ1n) is 3.36. The van der Waals surface area contributed by atoms with Crippen LogP contribution in [-0.4, -0.2) is 37.5 Å². The molecule has 0 aromatic heterocycles. The molecule has 0 spiro atoms. The third-order valence-electron chi connectivity index (χ3n) is 1.40. The van der Waals surface area contributed by atoms with Gasteiger partial charge in [-0.2, -0.15) is 0 Å². The van der Waals surface area contributed by atoms with Gasteiger partial charge >= 0.3 is 0 Å². The summed E-state index contributed by atoms with van der Waals surface area (Å²) in [5.74, 6) is 0. The second-order valence-corrected chi connectivity index (χ2v) is 2.26. The van der Waals surface area contributed by atoms with Crippen molar-refractivity contribution < 1.29 is 9.84 Å². The van der Waals surface area contributed by atoms with Crippen molar-refractivity contribution in [2.45, 2.75) is 12.5 Å². The van der Waals surface area contributed by atoms with E-state index < -0.39 is 0 Å². The smallest absolute Gasteiger partial charge is 0.0686 e. The van der Waals surface area contributed by atoms with Crippen molar-refractivity contribution >= 4 is 12.4 Å². The Hall–Kier alpha value is 0.170. The van der Waals surface area contributed by atoms with Gasteiger partial charge in [0.1, 0.15) is 0 Å². The number of hydrogen-bond donors (Lipinski definition) is 2. The zero-order chi connectivity index (χ0) is 6.53. The maximum atomic E-state index is 9.07. The van der Waals surface area contributed by atoms with Crippen molar-refractivity contribution in [3.05, 3.63) is 0 Å². The first kappa shape index (κ1) is 10.2. The summed E-state index contributed by atoms with van der Waals surface area (Å²) < 4.78 is 5.12. The van der Waals surface area contributed by atoms with Crippen LogP contribution in [0.25, 0.3) is 0 Å². The molecule has 3 nitrogen and oxygen atoms in total. The number of halogens is 1. The van der Waals surface area contributed by atoms with Crippen LogP contribution in [-0.2, 0) is 4.74 Å². The summed E-state index contributed by atoms with van der Waals surface area (Å²) >= 11 is 0.